The van der Waals surface area contributed by atoms with Crippen LogP contribution in [0.15, 0.2) is 52.9 Å². The highest BCUT2D eigenvalue weighted by Crippen LogP contribution is 2.25. The number of nitrogens with zero attached hydrogens (tertiary/aromatic N) is 3. The molecule has 0 saturated carbocycles. The number of benzene rings is 2. The number of carbonyl (C=O) groups excluding carboxylic acids is 1. The Kier molecular flexibility index (Phi) is 6.37. The zero-order valence-electron chi connectivity index (χ0n) is 18.4. The van der Waals surface area contributed by atoms with Crippen LogP contribution in [0.3, 0.4) is 0 Å². The van der Waals surface area contributed by atoms with E-state index in [1.165, 1.54) is 5.56 Å². The Labute approximate surface area is 183 Å². The maximum Gasteiger partial charge on any atom is 0.253 e. The topological polar surface area (TPSA) is 58.8 Å². The van der Waals surface area contributed by atoms with Crippen molar-refractivity contribution in [2.24, 2.45) is 0 Å². The van der Waals surface area contributed by atoms with Gasteiger partial charge in [-0.05, 0) is 55.3 Å². The number of hydrogen-bond acceptors (Lipinski definition) is 5. The van der Waals surface area contributed by atoms with Crippen molar-refractivity contribution in [2.75, 3.05) is 33.3 Å². The molecule has 1 amide bonds. The van der Waals surface area contributed by atoms with E-state index in [0.717, 1.165) is 67.5 Å². The fourth-order valence-electron chi connectivity index (χ4n) is 3.82. The van der Waals surface area contributed by atoms with Crippen molar-refractivity contribution in [3.05, 3.63) is 71.1 Å². The number of piperazine rings is 1. The summed E-state index contributed by atoms with van der Waals surface area (Å²) in [5.74, 6) is 2.38. The van der Waals surface area contributed by atoms with Crippen molar-refractivity contribution < 1.29 is 13.9 Å². The average Bonchev–Trinajstić information content (AvgIpc) is 3.19. The number of aryl methyl sites for hydroxylation is 2. The summed E-state index contributed by atoms with van der Waals surface area (Å²) in [6.07, 6.45) is 0.981. The Morgan fingerprint density at radius 1 is 1.03 bits per heavy atom. The highest BCUT2D eigenvalue weighted by Gasteiger charge is 2.23. The summed E-state index contributed by atoms with van der Waals surface area (Å²) in [5, 5.41) is 0. The van der Waals surface area contributed by atoms with Crippen molar-refractivity contribution in [1.29, 1.82) is 0 Å². The van der Waals surface area contributed by atoms with E-state index in [-0.39, 0.29) is 5.91 Å². The van der Waals surface area contributed by atoms with Crippen molar-refractivity contribution >= 4 is 5.91 Å². The van der Waals surface area contributed by atoms with Gasteiger partial charge in [0, 0.05) is 43.9 Å². The zero-order chi connectivity index (χ0) is 21.8. The third-order valence-corrected chi connectivity index (χ3v) is 5.87. The van der Waals surface area contributed by atoms with Crippen LogP contribution in [0.2, 0.25) is 0 Å². The molecule has 0 radical (unpaired) electrons. The quantitative estimate of drug-likeness (QED) is 0.600. The van der Waals surface area contributed by atoms with E-state index < -0.39 is 0 Å². The number of amides is 1. The first-order valence-electron chi connectivity index (χ1n) is 10.8. The van der Waals surface area contributed by atoms with Gasteiger partial charge in [0.1, 0.15) is 11.5 Å². The van der Waals surface area contributed by atoms with Crippen molar-refractivity contribution in [3.63, 3.8) is 0 Å². The van der Waals surface area contributed by atoms with Gasteiger partial charge >= 0.3 is 0 Å². The van der Waals surface area contributed by atoms with Crippen molar-refractivity contribution in [2.45, 2.75) is 26.8 Å². The summed E-state index contributed by atoms with van der Waals surface area (Å²) < 4.78 is 11.1. The van der Waals surface area contributed by atoms with Crippen molar-refractivity contribution in [3.8, 4) is 17.2 Å². The van der Waals surface area contributed by atoms with Crippen LogP contribution in [-0.2, 0) is 13.0 Å². The van der Waals surface area contributed by atoms with Gasteiger partial charge in [0.05, 0.1) is 12.8 Å². The molecule has 0 spiro atoms. The van der Waals surface area contributed by atoms with E-state index >= 15 is 0 Å². The summed E-state index contributed by atoms with van der Waals surface area (Å²) >= 11 is 0. The molecule has 3 aromatic rings. The lowest BCUT2D eigenvalue weighted by Gasteiger charge is -2.34. The molecule has 0 aliphatic carbocycles. The molecule has 0 N–H and O–H groups in total. The molecule has 0 atom stereocenters. The molecule has 0 bridgehead atoms. The number of carbonyl (C=O) groups is 1. The van der Waals surface area contributed by atoms with Crippen LogP contribution < -0.4 is 4.74 Å². The fourth-order valence-corrected chi connectivity index (χ4v) is 3.82. The van der Waals surface area contributed by atoms with Crippen LogP contribution in [0.25, 0.3) is 11.5 Å². The number of hydrogen-bond donors (Lipinski definition) is 0. The smallest absolute Gasteiger partial charge is 0.253 e. The van der Waals surface area contributed by atoms with Gasteiger partial charge in [0.25, 0.3) is 5.91 Å². The molecule has 1 aromatic heterocycles. The third-order valence-electron chi connectivity index (χ3n) is 5.87. The highest BCUT2D eigenvalue weighted by molar-refractivity contribution is 5.94. The van der Waals surface area contributed by atoms with E-state index in [9.17, 15) is 4.79 Å². The minimum atomic E-state index is 0.113. The molecule has 1 fully saturated rings. The van der Waals surface area contributed by atoms with Gasteiger partial charge in [0.15, 0.2) is 0 Å². The standard InChI is InChI=1S/C25H29N3O3/c1-4-19-5-7-21(8-6-19)25(29)28-15-13-27(14-16-28)17-23-18(2)31-24(26-23)20-9-11-22(30-3)12-10-20/h5-12H,4,13-17H2,1-3H3. The number of ether oxygens (including phenoxy) is 1. The second-order valence-electron chi connectivity index (χ2n) is 7.87. The van der Waals surface area contributed by atoms with Crippen LogP contribution in [0.5, 0.6) is 5.75 Å². The van der Waals surface area contributed by atoms with Crippen LogP contribution in [0, 0.1) is 6.92 Å². The van der Waals surface area contributed by atoms with E-state index in [0.29, 0.717) is 5.89 Å². The summed E-state index contributed by atoms with van der Waals surface area (Å²) in [6.45, 7) is 7.87. The molecule has 1 aliphatic heterocycles. The summed E-state index contributed by atoms with van der Waals surface area (Å²) in [7, 11) is 1.65. The first-order chi connectivity index (χ1) is 15.1. The number of oxazole rings is 1. The second kappa shape index (κ2) is 9.35. The molecule has 1 aliphatic rings. The Hall–Kier alpha value is -3.12. The molecule has 31 heavy (non-hydrogen) atoms. The van der Waals surface area contributed by atoms with Crippen LogP contribution in [-0.4, -0.2) is 54.0 Å². The van der Waals surface area contributed by atoms with E-state index in [1.807, 2.05) is 60.4 Å². The average molecular weight is 420 g/mol. The first kappa shape index (κ1) is 21.1. The fraction of sp³-hybridized carbons (Fsp3) is 0.360. The predicted octanol–water partition coefficient (Wildman–Crippen LogP) is 4.18. The third kappa shape index (κ3) is 4.80. The normalized spacial score (nSPS) is 14.6. The molecule has 162 valence electrons. The van der Waals surface area contributed by atoms with Crippen molar-refractivity contribution in [1.82, 2.24) is 14.8 Å². The molecule has 2 heterocycles. The molecule has 1 saturated heterocycles. The minimum Gasteiger partial charge on any atom is -0.497 e. The Balaban J connectivity index is 1.35. The Morgan fingerprint density at radius 2 is 1.71 bits per heavy atom. The summed E-state index contributed by atoms with van der Waals surface area (Å²) in [5.41, 5.74) is 3.89. The molecule has 4 rings (SSSR count). The number of methoxy groups -OCH3 is 1. The van der Waals surface area contributed by atoms with Gasteiger partial charge in [-0.15, -0.1) is 0 Å². The largest absolute Gasteiger partial charge is 0.497 e. The zero-order valence-corrected chi connectivity index (χ0v) is 18.4. The van der Waals surface area contributed by atoms with E-state index in [2.05, 4.69) is 11.8 Å². The Morgan fingerprint density at radius 3 is 2.32 bits per heavy atom. The van der Waals surface area contributed by atoms with Crippen LogP contribution >= 0.6 is 0 Å². The van der Waals surface area contributed by atoms with Gasteiger partial charge in [-0.1, -0.05) is 19.1 Å². The summed E-state index contributed by atoms with van der Waals surface area (Å²) in [4.78, 5) is 21.8. The van der Waals surface area contributed by atoms with E-state index in [1.54, 1.807) is 7.11 Å². The monoisotopic (exact) mass is 419 g/mol. The minimum absolute atomic E-state index is 0.113. The molecule has 6 nitrogen and oxygen atoms in total. The lowest BCUT2D eigenvalue weighted by atomic mass is 10.1. The Bertz CT molecular complexity index is 1020. The first-order valence-corrected chi connectivity index (χ1v) is 10.8. The van der Waals surface area contributed by atoms with Gasteiger partial charge in [-0.3, -0.25) is 9.69 Å². The lowest BCUT2D eigenvalue weighted by molar-refractivity contribution is 0.0626. The molecule has 2 aromatic carbocycles. The maximum absolute atomic E-state index is 12.8. The SMILES string of the molecule is CCc1ccc(C(=O)N2CCN(Cc3nc(-c4ccc(OC)cc4)oc3C)CC2)cc1. The van der Waals surface area contributed by atoms with Crippen LogP contribution in [0.1, 0.15) is 34.3 Å². The maximum atomic E-state index is 12.8. The second-order valence-corrected chi connectivity index (χ2v) is 7.87. The van der Waals surface area contributed by atoms with Crippen LogP contribution in [0.4, 0.5) is 0 Å². The lowest BCUT2D eigenvalue weighted by Crippen LogP contribution is -2.48. The molecule has 0 unspecified atom stereocenters. The highest BCUT2D eigenvalue weighted by atomic mass is 16.5. The van der Waals surface area contributed by atoms with Gasteiger partial charge in [-0.25, -0.2) is 4.98 Å². The molecular formula is C25H29N3O3. The van der Waals surface area contributed by atoms with E-state index in [4.69, 9.17) is 14.1 Å². The van der Waals surface area contributed by atoms with Gasteiger partial charge < -0.3 is 14.1 Å². The van der Waals surface area contributed by atoms with Gasteiger partial charge in [-0.2, -0.15) is 0 Å². The number of rotatable bonds is 6. The predicted molar refractivity (Wildman–Crippen MR) is 120 cm³/mol. The van der Waals surface area contributed by atoms with Gasteiger partial charge in [0.2, 0.25) is 5.89 Å². The number of aromatic nitrogens is 1. The summed E-state index contributed by atoms with van der Waals surface area (Å²) in [6, 6.07) is 15.7. The molecule has 6 heteroatoms. The molecular weight excluding hydrogens is 390 g/mol.